The molecule has 248 valence electrons. The first kappa shape index (κ1) is 31.5. The predicted octanol–water partition coefficient (Wildman–Crippen LogP) is 4.57. The lowest BCUT2D eigenvalue weighted by atomic mass is 9.44. The molecule has 0 amide bonds. The Bertz CT molecular complexity index is 1360. The van der Waals surface area contributed by atoms with Gasteiger partial charge in [0.05, 0.1) is 35.0 Å². The van der Waals surface area contributed by atoms with Gasteiger partial charge in [0.1, 0.15) is 6.10 Å². The second kappa shape index (κ2) is 9.97. The lowest BCUT2D eigenvalue weighted by Gasteiger charge is -2.63. The first-order valence-corrected chi connectivity index (χ1v) is 17.2. The molecule has 5 aliphatic carbocycles. The molecule has 9 heteroatoms. The summed E-state index contributed by atoms with van der Waals surface area (Å²) >= 11 is 0. The monoisotopic (exact) mass is 624 g/mol. The normalized spacial score (nSPS) is 46.7. The van der Waals surface area contributed by atoms with E-state index in [4.69, 9.17) is 19.9 Å². The summed E-state index contributed by atoms with van der Waals surface area (Å²) in [6, 6.07) is 3.52. The third-order valence-corrected chi connectivity index (χ3v) is 14.4. The number of nitrogens with two attached hydrogens (primary N) is 1. The molecule has 1 aromatic rings. The highest BCUT2D eigenvalue weighted by atomic mass is 16.6. The van der Waals surface area contributed by atoms with Gasteiger partial charge < -0.3 is 30.2 Å². The van der Waals surface area contributed by atoms with Gasteiger partial charge in [0.25, 0.3) is 0 Å². The molecule has 45 heavy (non-hydrogen) atoms. The molecule has 2 spiro atoms. The number of aliphatic hydroxyl groups excluding tert-OH is 1. The van der Waals surface area contributed by atoms with Crippen molar-refractivity contribution >= 4 is 11.9 Å². The minimum atomic E-state index is -1.29. The van der Waals surface area contributed by atoms with E-state index >= 15 is 0 Å². The maximum atomic E-state index is 13.1. The number of esters is 2. The number of carbonyl (C=O) groups is 2. The van der Waals surface area contributed by atoms with Crippen LogP contribution in [0.15, 0.2) is 24.5 Å². The number of nitrogens with zero attached hydrogens (tertiary/aromatic N) is 1. The molecule has 6 aliphatic rings. The van der Waals surface area contributed by atoms with Crippen molar-refractivity contribution in [3.8, 4) is 0 Å². The minimum absolute atomic E-state index is 0.0705. The molecule has 0 radical (unpaired) electrons. The van der Waals surface area contributed by atoms with E-state index in [1.165, 1.54) is 6.92 Å². The molecular weight excluding hydrogens is 572 g/mol. The average molecular weight is 625 g/mol. The maximum absolute atomic E-state index is 13.1. The van der Waals surface area contributed by atoms with Gasteiger partial charge in [-0.3, -0.25) is 9.78 Å². The summed E-state index contributed by atoms with van der Waals surface area (Å²) in [7, 11) is 0. The van der Waals surface area contributed by atoms with Crippen LogP contribution in [0.2, 0.25) is 0 Å². The van der Waals surface area contributed by atoms with Crippen molar-refractivity contribution in [2.75, 3.05) is 0 Å². The summed E-state index contributed by atoms with van der Waals surface area (Å²) in [6.07, 6.45) is 8.76. The summed E-state index contributed by atoms with van der Waals surface area (Å²) in [4.78, 5) is 29.1. The standard InChI is InChI=1S/C36H52N2O7/c1-20(39)43-29(32(4,5)42)23-10-9-22-27(44-23)28(40)36(37)25-12-11-24-31(2,3)26(45-30(41)21-8-7-17-38-18-21)13-14-34(24)19-35(25,34)16-15-33(22,36)6/h7-8,17-18,22-29,40,42H,9-16,19,37H2,1-6H3. The van der Waals surface area contributed by atoms with Crippen LogP contribution in [0.1, 0.15) is 110 Å². The van der Waals surface area contributed by atoms with Crippen LogP contribution in [0.3, 0.4) is 0 Å². The second-order valence-corrected chi connectivity index (χ2v) is 17.0. The molecule has 2 heterocycles. The summed E-state index contributed by atoms with van der Waals surface area (Å²) in [5.41, 5.74) is 5.80. The Balaban J connectivity index is 1.14. The fourth-order valence-corrected chi connectivity index (χ4v) is 12.4. The van der Waals surface area contributed by atoms with E-state index in [2.05, 4.69) is 25.8 Å². The molecule has 4 N–H and O–H groups in total. The first-order valence-electron chi connectivity index (χ1n) is 17.2. The number of ether oxygens (including phenoxy) is 3. The Kier molecular flexibility index (Phi) is 6.99. The van der Waals surface area contributed by atoms with Gasteiger partial charge in [0, 0.05) is 24.7 Å². The minimum Gasteiger partial charge on any atom is -0.458 e. The fraction of sp³-hybridized carbons (Fsp3) is 0.806. The highest BCUT2D eigenvalue weighted by Gasteiger charge is 2.85. The van der Waals surface area contributed by atoms with E-state index in [9.17, 15) is 19.8 Å². The number of fused-ring (bicyclic) bond motifs is 4. The Hall–Kier alpha value is -2.07. The number of hydrogen-bond donors (Lipinski definition) is 3. The number of rotatable bonds is 5. The van der Waals surface area contributed by atoms with Gasteiger partial charge in [-0.1, -0.05) is 20.8 Å². The molecule has 0 bridgehead atoms. The zero-order chi connectivity index (χ0) is 32.4. The topological polar surface area (TPSA) is 141 Å². The van der Waals surface area contributed by atoms with Crippen LogP contribution in [-0.4, -0.2) is 68.8 Å². The zero-order valence-corrected chi connectivity index (χ0v) is 27.8. The number of carbonyl (C=O) groups excluding carboxylic acids is 2. The van der Waals surface area contributed by atoms with Gasteiger partial charge in [0.2, 0.25) is 0 Å². The Morgan fingerprint density at radius 2 is 1.78 bits per heavy atom. The van der Waals surface area contributed by atoms with Gasteiger partial charge in [-0.25, -0.2) is 4.79 Å². The molecule has 6 fully saturated rings. The van der Waals surface area contributed by atoms with E-state index < -0.39 is 41.5 Å². The van der Waals surface area contributed by atoms with E-state index in [1.54, 1.807) is 38.4 Å². The van der Waals surface area contributed by atoms with Gasteiger partial charge in [-0.15, -0.1) is 0 Å². The lowest BCUT2D eigenvalue weighted by Crippen LogP contribution is -2.70. The van der Waals surface area contributed by atoms with Gasteiger partial charge in [-0.05, 0) is 118 Å². The van der Waals surface area contributed by atoms with Gasteiger partial charge >= 0.3 is 11.9 Å². The average Bonchev–Trinajstić information content (AvgIpc) is 3.62. The largest absolute Gasteiger partial charge is 0.458 e. The van der Waals surface area contributed by atoms with Crippen LogP contribution >= 0.6 is 0 Å². The van der Waals surface area contributed by atoms with Gasteiger partial charge in [-0.2, -0.15) is 0 Å². The smallest absolute Gasteiger partial charge is 0.339 e. The molecule has 1 saturated heterocycles. The Labute approximate surface area is 267 Å². The lowest BCUT2D eigenvalue weighted by molar-refractivity contribution is -0.208. The maximum Gasteiger partial charge on any atom is 0.339 e. The zero-order valence-electron chi connectivity index (χ0n) is 27.8. The van der Waals surface area contributed by atoms with Crippen molar-refractivity contribution in [1.82, 2.24) is 4.98 Å². The fourth-order valence-electron chi connectivity index (χ4n) is 12.4. The van der Waals surface area contributed by atoms with E-state index in [1.807, 2.05) is 0 Å². The van der Waals surface area contributed by atoms with E-state index in [0.717, 1.165) is 51.4 Å². The third-order valence-electron chi connectivity index (χ3n) is 14.4. The summed E-state index contributed by atoms with van der Waals surface area (Å²) < 4.78 is 18.4. The molecule has 7 rings (SSSR count). The predicted molar refractivity (Wildman–Crippen MR) is 166 cm³/mol. The number of hydrogen-bond acceptors (Lipinski definition) is 9. The van der Waals surface area contributed by atoms with E-state index in [0.29, 0.717) is 17.9 Å². The number of pyridine rings is 1. The SMILES string of the molecule is CC(=O)OC(C1CCC2C(O1)C(O)C1(N)C3CCC4C(C)(C)C(OC(=O)c5cccnc5)CCC45CC35CCC21C)C(C)(C)O. The van der Waals surface area contributed by atoms with Crippen molar-refractivity contribution in [1.29, 1.82) is 0 Å². The van der Waals surface area contributed by atoms with Gasteiger partial charge in [0.15, 0.2) is 6.10 Å². The summed E-state index contributed by atoms with van der Waals surface area (Å²) in [5, 5.41) is 23.2. The molecule has 12 unspecified atom stereocenters. The van der Waals surface area contributed by atoms with Crippen molar-refractivity contribution in [3.63, 3.8) is 0 Å². The molecular formula is C36H52N2O7. The van der Waals surface area contributed by atoms with Crippen molar-refractivity contribution in [2.45, 2.75) is 141 Å². The van der Waals surface area contributed by atoms with Crippen molar-refractivity contribution in [3.05, 3.63) is 30.1 Å². The van der Waals surface area contributed by atoms with Crippen LogP contribution < -0.4 is 5.73 Å². The quantitative estimate of drug-likeness (QED) is 0.402. The first-order chi connectivity index (χ1) is 21.0. The van der Waals surface area contributed by atoms with Crippen LogP contribution in [-0.2, 0) is 19.0 Å². The molecule has 5 saturated carbocycles. The molecule has 0 aromatic carbocycles. The summed E-state index contributed by atoms with van der Waals surface area (Å²) in [5.74, 6) is -0.0876. The van der Waals surface area contributed by atoms with Crippen molar-refractivity contribution in [2.24, 2.45) is 45.1 Å². The third kappa shape index (κ3) is 4.15. The molecule has 12 atom stereocenters. The molecule has 9 nitrogen and oxygen atoms in total. The Morgan fingerprint density at radius 1 is 1.07 bits per heavy atom. The van der Waals surface area contributed by atoms with E-state index in [-0.39, 0.29) is 45.6 Å². The van der Waals surface area contributed by atoms with Crippen LogP contribution in [0, 0.1) is 39.4 Å². The summed E-state index contributed by atoms with van der Waals surface area (Å²) in [6.45, 7) is 11.5. The number of aromatic nitrogens is 1. The highest BCUT2D eigenvalue weighted by molar-refractivity contribution is 5.89. The van der Waals surface area contributed by atoms with Crippen molar-refractivity contribution < 1.29 is 34.0 Å². The van der Waals surface area contributed by atoms with Crippen LogP contribution in [0.4, 0.5) is 0 Å². The second-order valence-electron chi connectivity index (χ2n) is 17.0. The Morgan fingerprint density at radius 3 is 2.44 bits per heavy atom. The number of aliphatic hydroxyl groups is 2. The van der Waals surface area contributed by atoms with Crippen LogP contribution in [0.5, 0.6) is 0 Å². The molecule has 1 aromatic heterocycles. The molecule has 1 aliphatic heterocycles. The van der Waals surface area contributed by atoms with Crippen LogP contribution in [0.25, 0.3) is 0 Å². The highest BCUT2D eigenvalue weighted by Crippen LogP contribution is 2.87.